The molecule has 13 nitrogen and oxygen atoms in total. The van der Waals surface area contributed by atoms with E-state index in [1.54, 1.807) is 21.9 Å². The molecule has 5 rings (SSSR count). The number of para-hydroxylation sites is 1. The first-order valence-electron chi connectivity index (χ1n) is 19.6. The molecule has 0 unspecified atom stereocenters. The van der Waals surface area contributed by atoms with E-state index in [4.69, 9.17) is 9.47 Å². The third-order valence-electron chi connectivity index (χ3n) is 10.8. The number of piperidine rings is 1. The fourth-order valence-electron chi connectivity index (χ4n) is 7.51. The summed E-state index contributed by atoms with van der Waals surface area (Å²) >= 11 is 0. The van der Waals surface area contributed by atoms with Gasteiger partial charge in [-0.05, 0) is 106 Å². The third-order valence-corrected chi connectivity index (χ3v) is 10.8. The Bertz CT molecular complexity index is 1760. The number of hydrogen-bond donors (Lipinski definition) is 2. The SMILES string of the molecule is CNc1ccccc1CCN(C=O)C1CCN(C(=O)O[C@H](Cc2cc(C)c(O)c(C)c2)C(=O)N2CCN(c3ccc(C(=O)OCCCN(C)C)cc3)CC2)CC1. The van der Waals surface area contributed by atoms with Crippen LogP contribution < -0.4 is 10.2 Å². The van der Waals surface area contributed by atoms with Gasteiger partial charge in [0.25, 0.3) is 5.91 Å². The average molecular weight is 771 g/mol. The van der Waals surface area contributed by atoms with Crippen LogP contribution in [0.1, 0.15) is 51.9 Å². The van der Waals surface area contributed by atoms with Crippen LogP contribution in [-0.4, -0.2) is 141 Å². The monoisotopic (exact) mass is 770 g/mol. The number of carbonyl (C=O) groups excluding carboxylic acids is 4. The van der Waals surface area contributed by atoms with Crippen LogP contribution in [0.15, 0.2) is 60.7 Å². The second-order valence-electron chi connectivity index (χ2n) is 15.0. The van der Waals surface area contributed by atoms with Gasteiger partial charge < -0.3 is 44.4 Å². The Labute approximate surface area is 331 Å². The van der Waals surface area contributed by atoms with Crippen LogP contribution in [0.4, 0.5) is 16.2 Å². The van der Waals surface area contributed by atoms with Crippen LogP contribution in [0.2, 0.25) is 0 Å². The highest BCUT2D eigenvalue weighted by Gasteiger charge is 2.34. The molecule has 2 aliphatic heterocycles. The number of aromatic hydroxyl groups is 1. The number of rotatable bonds is 16. The molecule has 2 aliphatic rings. The lowest BCUT2D eigenvalue weighted by atomic mass is 10.0. The Morgan fingerprint density at radius 3 is 2.20 bits per heavy atom. The minimum Gasteiger partial charge on any atom is -0.507 e. The zero-order valence-electron chi connectivity index (χ0n) is 33.5. The zero-order chi connectivity index (χ0) is 40.2. The lowest BCUT2D eigenvalue weighted by Crippen LogP contribution is -2.53. The number of amides is 3. The summed E-state index contributed by atoms with van der Waals surface area (Å²) in [5.41, 5.74) is 5.78. The van der Waals surface area contributed by atoms with Crippen molar-refractivity contribution in [3.05, 3.63) is 88.5 Å². The van der Waals surface area contributed by atoms with Crippen molar-refractivity contribution in [3.63, 3.8) is 0 Å². The molecule has 1 atom stereocenters. The number of piperazine rings is 1. The summed E-state index contributed by atoms with van der Waals surface area (Å²) in [6.45, 7) is 8.21. The largest absolute Gasteiger partial charge is 0.507 e. The summed E-state index contributed by atoms with van der Waals surface area (Å²) in [5.74, 6) is -0.411. The lowest BCUT2D eigenvalue weighted by molar-refractivity contribution is -0.141. The summed E-state index contributed by atoms with van der Waals surface area (Å²) in [6, 6.07) is 19.0. The van der Waals surface area contributed by atoms with Crippen molar-refractivity contribution in [2.45, 2.75) is 58.1 Å². The molecule has 3 aromatic rings. The van der Waals surface area contributed by atoms with Crippen LogP contribution in [0.5, 0.6) is 5.75 Å². The smallest absolute Gasteiger partial charge is 0.410 e. The normalized spacial score (nSPS) is 15.4. The van der Waals surface area contributed by atoms with Gasteiger partial charge in [0.2, 0.25) is 6.41 Å². The third kappa shape index (κ3) is 11.1. The van der Waals surface area contributed by atoms with E-state index >= 15 is 0 Å². The summed E-state index contributed by atoms with van der Waals surface area (Å²) in [5, 5.41) is 13.6. The molecular formula is C43H58N6O7. The Kier molecular flexibility index (Phi) is 15.0. The van der Waals surface area contributed by atoms with Gasteiger partial charge in [-0.1, -0.05) is 30.3 Å². The number of aryl methyl sites for hydroxylation is 2. The van der Waals surface area contributed by atoms with Crippen molar-refractivity contribution in [3.8, 4) is 5.75 Å². The Balaban J connectivity index is 1.18. The minimum atomic E-state index is -1.06. The quantitative estimate of drug-likeness (QED) is 0.120. The zero-order valence-corrected chi connectivity index (χ0v) is 33.5. The number of anilines is 2. The van der Waals surface area contributed by atoms with Crippen LogP contribution in [-0.2, 0) is 31.9 Å². The molecule has 0 saturated carbocycles. The van der Waals surface area contributed by atoms with Gasteiger partial charge in [0.05, 0.1) is 12.2 Å². The number of likely N-dealkylation sites (tertiary alicyclic amines) is 1. The Hall–Kier alpha value is -5.30. The highest BCUT2D eigenvalue weighted by molar-refractivity contribution is 5.90. The van der Waals surface area contributed by atoms with Gasteiger partial charge in [-0.25, -0.2) is 9.59 Å². The first kappa shape index (κ1) is 41.9. The van der Waals surface area contributed by atoms with E-state index < -0.39 is 12.2 Å². The molecule has 2 fully saturated rings. The number of esters is 1. The number of benzene rings is 3. The van der Waals surface area contributed by atoms with Crippen LogP contribution in [0.25, 0.3) is 0 Å². The first-order chi connectivity index (χ1) is 27.0. The molecule has 302 valence electrons. The molecule has 3 aromatic carbocycles. The summed E-state index contributed by atoms with van der Waals surface area (Å²) in [4.78, 5) is 61.9. The van der Waals surface area contributed by atoms with Crippen molar-refractivity contribution in [2.24, 2.45) is 0 Å². The van der Waals surface area contributed by atoms with Gasteiger partial charge in [-0.15, -0.1) is 0 Å². The predicted molar refractivity (Wildman–Crippen MR) is 217 cm³/mol. The van der Waals surface area contributed by atoms with E-state index in [0.29, 0.717) is 88.4 Å². The standard InChI is InChI=1S/C43H58N6O7/c1-31-27-33(28-32(2)40(31)51)29-39(56-43(54)48-20-16-37(17-21-48)49(30-50)19-15-34-9-6-7-10-38(34)44-3)41(52)47-24-22-46(23-25-47)36-13-11-35(12-14-36)42(53)55-26-8-18-45(4)5/h6-7,9-14,27-28,30,37,39,44,51H,8,15-26,29H2,1-5H3/t39-/m1/s1. The predicted octanol–water partition coefficient (Wildman–Crippen LogP) is 4.72. The first-order valence-corrected chi connectivity index (χ1v) is 19.6. The maximum absolute atomic E-state index is 14.1. The molecule has 0 radical (unpaired) electrons. The molecule has 2 saturated heterocycles. The molecule has 0 aliphatic carbocycles. The van der Waals surface area contributed by atoms with Gasteiger partial charge in [-0.3, -0.25) is 9.59 Å². The van der Waals surface area contributed by atoms with Crippen molar-refractivity contribution >= 4 is 35.8 Å². The van der Waals surface area contributed by atoms with Crippen LogP contribution >= 0.6 is 0 Å². The van der Waals surface area contributed by atoms with E-state index in [1.807, 2.05) is 87.3 Å². The molecule has 2 heterocycles. The number of ether oxygens (including phenoxy) is 2. The Morgan fingerprint density at radius 2 is 1.57 bits per heavy atom. The van der Waals surface area contributed by atoms with E-state index in [-0.39, 0.29) is 30.1 Å². The molecule has 13 heteroatoms. The van der Waals surface area contributed by atoms with E-state index in [9.17, 15) is 24.3 Å². The number of carbonyl (C=O) groups is 4. The average Bonchev–Trinajstić information content (AvgIpc) is 3.21. The molecule has 0 aromatic heterocycles. The van der Waals surface area contributed by atoms with Crippen molar-refractivity contribution in [2.75, 3.05) is 90.3 Å². The van der Waals surface area contributed by atoms with E-state index in [2.05, 4.69) is 16.3 Å². The number of hydrogen-bond acceptors (Lipinski definition) is 10. The molecule has 3 amide bonds. The maximum atomic E-state index is 14.1. The number of nitrogens with zero attached hydrogens (tertiary/aromatic N) is 5. The van der Waals surface area contributed by atoms with Gasteiger partial charge in [0.15, 0.2) is 6.10 Å². The van der Waals surface area contributed by atoms with Gasteiger partial charge in [0.1, 0.15) is 5.75 Å². The van der Waals surface area contributed by atoms with Crippen LogP contribution in [0.3, 0.4) is 0 Å². The molecule has 0 spiro atoms. The Morgan fingerprint density at radius 1 is 0.911 bits per heavy atom. The second-order valence-corrected chi connectivity index (χ2v) is 15.0. The highest BCUT2D eigenvalue weighted by atomic mass is 16.6. The van der Waals surface area contributed by atoms with Crippen molar-refractivity contribution in [1.29, 1.82) is 0 Å². The highest BCUT2D eigenvalue weighted by Crippen LogP contribution is 2.26. The summed E-state index contributed by atoms with van der Waals surface area (Å²) < 4.78 is 11.5. The molecular weight excluding hydrogens is 713 g/mol. The summed E-state index contributed by atoms with van der Waals surface area (Å²) in [6.07, 6.45) is 2.16. The minimum absolute atomic E-state index is 0.00179. The second kappa shape index (κ2) is 20.0. The topological polar surface area (TPSA) is 135 Å². The van der Waals surface area contributed by atoms with Crippen molar-refractivity contribution in [1.82, 2.24) is 19.6 Å². The van der Waals surface area contributed by atoms with E-state index in [1.165, 1.54) is 0 Å². The maximum Gasteiger partial charge on any atom is 0.410 e. The van der Waals surface area contributed by atoms with Crippen LogP contribution in [0, 0.1) is 13.8 Å². The molecule has 0 bridgehead atoms. The fourth-order valence-corrected chi connectivity index (χ4v) is 7.51. The molecule has 2 N–H and O–H groups in total. The lowest BCUT2D eigenvalue weighted by Gasteiger charge is -2.38. The molecule has 56 heavy (non-hydrogen) atoms. The number of phenols is 1. The van der Waals surface area contributed by atoms with E-state index in [0.717, 1.165) is 41.9 Å². The number of nitrogens with one attached hydrogen (secondary N) is 1. The van der Waals surface area contributed by atoms with Gasteiger partial charge in [-0.2, -0.15) is 0 Å². The number of phenolic OH excluding ortho intramolecular Hbond substituents is 1. The van der Waals surface area contributed by atoms with Gasteiger partial charge >= 0.3 is 12.1 Å². The van der Waals surface area contributed by atoms with Crippen molar-refractivity contribution < 1.29 is 33.8 Å². The van der Waals surface area contributed by atoms with Gasteiger partial charge in [0, 0.05) is 83.2 Å². The summed E-state index contributed by atoms with van der Waals surface area (Å²) in [7, 11) is 5.84. The fraction of sp³-hybridized carbons (Fsp3) is 0.488.